The summed E-state index contributed by atoms with van der Waals surface area (Å²) >= 11 is 1.42. The van der Waals surface area contributed by atoms with E-state index in [1.807, 2.05) is 30.3 Å². The molecule has 1 atom stereocenters. The molecule has 0 N–H and O–H groups in total. The van der Waals surface area contributed by atoms with Crippen LogP contribution < -0.4 is 0 Å². The van der Waals surface area contributed by atoms with E-state index in [0.29, 0.717) is 10.6 Å². The fourth-order valence-corrected chi connectivity index (χ4v) is 3.08. The number of hydrogen-bond acceptors (Lipinski definition) is 4. The summed E-state index contributed by atoms with van der Waals surface area (Å²) in [5, 5.41) is 10.3. The number of ketones is 1. The standard InChI is InChI=1S/C16H10N2OS/c17-10-12(13-6-3-4-8-18-13)16(19)15-9-11-5-1-2-7-14(11)20-15/h1-9,12H. The van der Waals surface area contributed by atoms with Crippen LogP contribution in [-0.4, -0.2) is 10.8 Å². The maximum absolute atomic E-state index is 12.5. The molecule has 3 rings (SSSR count). The Labute approximate surface area is 120 Å². The number of nitrogens with zero attached hydrogens (tertiary/aromatic N) is 2. The maximum Gasteiger partial charge on any atom is 0.196 e. The van der Waals surface area contributed by atoms with E-state index in [1.54, 1.807) is 24.4 Å². The number of Topliss-reactive ketones (excluding diaryl/α,β-unsaturated/α-hetero) is 1. The maximum atomic E-state index is 12.5. The Morgan fingerprint density at radius 3 is 2.70 bits per heavy atom. The molecular weight excluding hydrogens is 268 g/mol. The van der Waals surface area contributed by atoms with Crippen molar-refractivity contribution in [3.8, 4) is 6.07 Å². The van der Waals surface area contributed by atoms with Crippen molar-refractivity contribution >= 4 is 27.2 Å². The van der Waals surface area contributed by atoms with Gasteiger partial charge < -0.3 is 0 Å². The first-order valence-electron chi connectivity index (χ1n) is 6.13. The zero-order valence-electron chi connectivity index (χ0n) is 10.5. The number of hydrogen-bond donors (Lipinski definition) is 0. The second-order valence-corrected chi connectivity index (χ2v) is 5.41. The van der Waals surface area contributed by atoms with E-state index in [2.05, 4.69) is 11.1 Å². The number of pyridine rings is 1. The quantitative estimate of drug-likeness (QED) is 0.685. The smallest absolute Gasteiger partial charge is 0.196 e. The summed E-state index contributed by atoms with van der Waals surface area (Å²) in [6.45, 7) is 0. The zero-order chi connectivity index (χ0) is 13.9. The largest absolute Gasteiger partial charge is 0.291 e. The van der Waals surface area contributed by atoms with Gasteiger partial charge in [0.15, 0.2) is 11.7 Å². The summed E-state index contributed by atoms with van der Waals surface area (Å²) in [4.78, 5) is 17.2. The number of nitriles is 1. The van der Waals surface area contributed by atoms with Gasteiger partial charge in [-0.25, -0.2) is 0 Å². The molecule has 4 heteroatoms. The molecule has 0 saturated carbocycles. The molecule has 0 radical (unpaired) electrons. The average Bonchev–Trinajstić information content (AvgIpc) is 2.93. The predicted octanol–water partition coefficient (Wildman–Crippen LogP) is 3.79. The molecule has 0 aliphatic rings. The third kappa shape index (κ3) is 2.20. The Morgan fingerprint density at radius 2 is 2.00 bits per heavy atom. The summed E-state index contributed by atoms with van der Waals surface area (Å²) in [5.41, 5.74) is 0.498. The second-order valence-electron chi connectivity index (χ2n) is 4.33. The molecule has 0 fully saturated rings. The molecule has 0 spiro atoms. The van der Waals surface area contributed by atoms with Crippen molar-refractivity contribution in [3.63, 3.8) is 0 Å². The molecule has 3 aromatic rings. The van der Waals surface area contributed by atoms with Crippen LogP contribution in [0.3, 0.4) is 0 Å². The lowest BCUT2D eigenvalue weighted by molar-refractivity contribution is 0.0981. The lowest BCUT2D eigenvalue weighted by Crippen LogP contribution is -2.11. The first-order chi connectivity index (χ1) is 9.79. The third-order valence-electron chi connectivity index (χ3n) is 3.04. The van der Waals surface area contributed by atoms with Crippen molar-refractivity contribution in [2.75, 3.05) is 0 Å². The summed E-state index contributed by atoms with van der Waals surface area (Å²) in [7, 11) is 0. The minimum Gasteiger partial charge on any atom is -0.291 e. The van der Waals surface area contributed by atoms with Crippen LogP contribution in [0.4, 0.5) is 0 Å². The number of rotatable bonds is 3. The number of carbonyl (C=O) groups excluding carboxylic acids is 1. The van der Waals surface area contributed by atoms with Crippen molar-refractivity contribution in [3.05, 3.63) is 65.3 Å². The molecule has 0 aliphatic carbocycles. The lowest BCUT2D eigenvalue weighted by atomic mass is 10.00. The van der Waals surface area contributed by atoms with Gasteiger partial charge in [0, 0.05) is 10.9 Å². The second kappa shape index (κ2) is 5.24. The Balaban J connectivity index is 2.01. The van der Waals surface area contributed by atoms with Crippen LogP contribution in [0.15, 0.2) is 54.7 Å². The Bertz CT molecular complexity index is 769. The number of fused-ring (bicyclic) bond motifs is 1. The topological polar surface area (TPSA) is 53.8 Å². The van der Waals surface area contributed by atoms with E-state index in [1.165, 1.54) is 11.3 Å². The fraction of sp³-hybridized carbons (Fsp3) is 0.0625. The van der Waals surface area contributed by atoms with E-state index in [0.717, 1.165) is 10.1 Å². The molecule has 2 aromatic heterocycles. The van der Waals surface area contributed by atoms with Crippen LogP contribution in [0.25, 0.3) is 10.1 Å². The van der Waals surface area contributed by atoms with Crippen molar-refractivity contribution in [2.45, 2.75) is 5.92 Å². The third-order valence-corrected chi connectivity index (χ3v) is 4.17. The van der Waals surface area contributed by atoms with Gasteiger partial charge in [0.1, 0.15) is 0 Å². The molecule has 20 heavy (non-hydrogen) atoms. The van der Waals surface area contributed by atoms with E-state index >= 15 is 0 Å². The highest BCUT2D eigenvalue weighted by Crippen LogP contribution is 2.29. The molecule has 0 aliphatic heterocycles. The minimum absolute atomic E-state index is 0.188. The normalized spacial score (nSPS) is 11.9. The SMILES string of the molecule is N#CC(C(=O)c1cc2ccccc2s1)c1ccccn1. The summed E-state index contributed by atoms with van der Waals surface area (Å²) in [6.07, 6.45) is 1.60. The fourth-order valence-electron chi connectivity index (χ4n) is 2.05. The molecule has 2 heterocycles. The molecule has 3 nitrogen and oxygen atoms in total. The van der Waals surface area contributed by atoms with Crippen LogP contribution in [0, 0.1) is 11.3 Å². The lowest BCUT2D eigenvalue weighted by Gasteiger charge is -2.05. The highest BCUT2D eigenvalue weighted by atomic mass is 32.1. The number of benzene rings is 1. The van der Waals surface area contributed by atoms with E-state index in [9.17, 15) is 10.1 Å². The zero-order valence-corrected chi connectivity index (χ0v) is 11.3. The molecule has 0 saturated heterocycles. The van der Waals surface area contributed by atoms with Crippen molar-refractivity contribution in [1.82, 2.24) is 4.98 Å². The summed E-state index contributed by atoms with van der Waals surface area (Å²) in [6, 6.07) is 17.0. The monoisotopic (exact) mass is 278 g/mol. The summed E-state index contributed by atoms with van der Waals surface area (Å²) in [5.74, 6) is -1.03. The van der Waals surface area contributed by atoms with Gasteiger partial charge in [0.25, 0.3) is 0 Å². The van der Waals surface area contributed by atoms with Crippen molar-refractivity contribution in [1.29, 1.82) is 5.26 Å². The number of thiophene rings is 1. The molecular formula is C16H10N2OS. The van der Waals surface area contributed by atoms with E-state index < -0.39 is 5.92 Å². The van der Waals surface area contributed by atoms with Crippen LogP contribution in [0.5, 0.6) is 0 Å². The van der Waals surface area contributed by atoms with Gasteiger partial charge in [-0.2, -0.15) is 5.26 Å². The van der Waals surface area contributed by atoms with Crippen molar-refractivity contribution in [2.24, 2.45) is 0 Å². The Morgan fingerprint density at radius 1 is 1.20 bits per heavy atom. The molecule has 0 amide bonds. The van der Waals surface area contributed by atoms with Gasteiger partial charge in [-0.15, -0.1) is 11.3 Å². The van der Waals surface area contributed by atoms with Crippen LogP contribution in [0.2, 0.25) is 0 Å². The first kappa shape index (κ1) is 12.5. The summed E-state index contributed by atoms with van der Waals surface area (Å²) < 4.78 is 1.05. The van der Waals surface area contributed by atoms with E-state index in [4.69, 9.17) is 0 Å². The van der Waals surface area contributed by atoms with Gasteiger partial charge in [0.2, 0.25) is 0 Å². The van der Waals surface area contributed by atoms with Crippen LogP contribution in [-0.2, 0) is 0 Å². The van der Waals surface area contributed by atoms with E-state index in [-0.39, 0.29) is 5.78 Å². The molecule has 0 bridgehead atoms. The average molecular weight is 278 g/mol. The van der Waals surface area contributed by atoms with Gasteiger partial charge >= 0.3 is 0 Å². The van der Waals surface area contributed by atoms with Gasteiger partial charge in [0.05, 0.1) is 16.6 Å². The Kier molecular flexibility index (Phi) is 3.28. The highest BCUT2D eigenvalue weighted by molar-refractivity contribution is 7.20. The number of aromatic nitrogens is 1. The van der Waals surface area contributed by atoms with Crippen molar-refractivity contribution < 1.29 is 4.79 Å². The van der Waals surface area contributed by atoms with Gasteiger partial charge in [-0.05, 0) is 29.7 Å². The highest BCUT2D eigenvalue weighted by Gasteiger charge is 2.24. The van der Waals surface area contributed by atoms with Gasteiger partial charge in [-0.1, -0.05) is 24.3 Å². The van der Waals surface area contributed by atoms with Gasteiger partial charge in [-0.3, -0.25) is 9.78 Å². The minimum atomic E-state index is -0.843. The first-order valence-corrected chi connectivity index (χ1v) is 6.94. The number of carbonyl (C=O) groups is 1. The predicted molar refractivity (Wildman–Crippen MR) is 78.7 cm³/mol. The van der Waals surface area contributed by atoms with Crippen LogP contribution >= 0.6 is 11.3 Å². The van der Waals surface area contributed by atoms with Crippen LogP contribution in [0.1, 0.15) is 21.3 Å². The molecule has 96 valence electrons. The Hall–Kier alpha value is -2.51. The molecule has 1 aromatic carbocycles. The molecule has 1 unspecified atom stereocenters.